The summed E-state index contributed by atoms with van der Waals surface area (Å²) < 4.78 is 31.7. The number of methoxy groups -OCH3 is 1. The van der Waals surface area contributed by atoms with Gasteiger partial charge in [0.1, 0.15) is 0 Å². The van der Waals surface area contributed by atoms with Gasteiger partial charge in [-0.1, -0.05) is 30.3 Å². The molecule has 128 valence electrons. The lowest BCUT2D eigenvalue weighted by Gasteiger charge is -2.04. The summed E-state index contributed by atoms with van der Waals surface area (Å²) in [6.07, 6.45) is 0. The average molecular weight is 374 g/mol. The first-order valence-electron chi connectivity index (χ1n) is 7.22. The summed E-state index contributed by atoms with van der Waals surface area (Å²) in [5.74, 6) is -0.416. The molecule has 3 aromatic rings. The molecule has 0 radical (unpaired) electrons. The van der Waals surface area contributed by atoms with Gasteiger partial charge in [0, 0.05) is 10.9 Å². The van der Waals surface area contributed by atoms with Crippen LogP contribution in [0.1, 0.15) is 10.4 Å². The Hall–Kier alpha value is -2.71. The molecule has 0 aliphatic rings. The Kier molecular flexibility index (Phi) is 4.82. The van der Waals surface area contributed by atoms with Crippen LogP contribution in [0.25, 0.3) is 11.3 Å². The van der Waals surface area contributed by atoms with Gasteiger partial charge in [-0.2, -0.15) is 0 Å². The Morgan fingerprint density at radius 2 is 1.76 bits per heavy atom. The molecule has 0 saturated heterocycles. The zero-order valence-electron chi connectivity index (χ0n) is 13.2. The molecule has 0 bridgehead atoms. The van der Waals surface area contributed by atoms with Gasteiger partial charge in [-0.25, -0.2) is 18.2 Å². The van der Waals surface area contributed by atoms with Gasteiger partial charge >= 0.3 is 5.97 Å². The first kappa shape index (κ1) is 17.1. The van der Waals surface area contributed by atoms with E-state index in [0.29, 0.717) is 11.3 Å². The fourth-order valence-electron chi connectivity index (χ4n) is 2.12. The third kappa shape index (κ3) is 3.86. The normalized spacial score (nSPS) is 11.1. The van der Waals surface area contributed by atoms with Crippen LogP contribution in [-0.4, -0.2) is 26.5 Å². The van der Waals surface area contributed by atoms with Crippen molar-refractivity contribution in [3.8, 4) is 11.3 Å². The van der Waals surface area contributed by atoms with Crippen LogP contribution in [0.5, 0.6) is 0 Å². The van der Waals surface area contributed by atoms with E-state index in [4.69, 9.17) is 0 Å². The molecule has 3 rings (SSSR count). The van der Waals surface area contributed by atoms with Crippen molar-refractivity contribution in [1.82, 2.24) is 4.98 Å². The highest BCUT2D eigenvalue weighted by Gasteiger charge is 2.16. The SMILES string of the molecule is COC(=O)c1ccc(-c2csc(NS(=O)(=O)c3ccccc3)n2)cc1. The van der Waals surface area contributed by atoms with Crippen molar-refractivity contribution in [3.05, 3.63) is 65.5 Å². The van der Waals surface area contributed by atoms with E-state index >= 15 is 0 Å². The van der Waals surface area contributed by atoms with Gasteiger partial charge in [0.05, 0.1) is 23.3 Å². The lowest BCUT2D eigenvalue weighted by Crippen LogP contribution is -2.12. The van der Waals surface area contributed by atoms with E-state index in [9.17, 15) is 13.2 Å². The number of esters is 1. The molecule has 0 fully saturated rings. The van der Waals surface area contributed by atoms with Gasteiger partial charge in [-0.3, -0.25) is 4.72 Å². The highest BCUT2D eigenvalue weighted by molar-refractivity contribution is 7.93. The first-order chi connectivity index (χ1) is 12.0. The standard InChI is InChI=1S/C17H14N2O4S2/c1-23-16(20)13-9-7-12(8-10-13)15-11-24-17(18-15)19-25(21,22)14-5-3-2-4-6-14/h2-11H,1H3,(H,18,19). The zero-order valence-corrected chi connectivity index (χ0v) is 14.8. The van der Waals surface area contributed by atoms with Crippen molar-refractivity contribution in [1.29, 1.82) is 0 Å². The molecule has 0 spiro atoms. The number of hydrogen-bond acceptors (Lipinski definition) is 6. The maximum atomic E-state index is 12.3. The van der Waals surface area contributed by atoms with Crippen LogP contribution < -0.4 is 4.72 Å². The van der Waals surface area contributed by atoms with Crippen molar-refractivity contribution in [3.63, 3.8) is 0 Å². The summed E-state index contributed by atoms with van der Waals surface area (Å²) in [6, 6.07) is 14.8. The number of anilines is 1. The molecule has 0 amide bonds. The largest absolute Gasteiger partial charge is 0.465 e. The Bertz CT molecular complexity index is 981. The fraction of sp³-hybridized carbons (Fsp3) is 0.0588. The number of nitrogens with one attached hydrogen (secondary N) is 1. The molecule has 1 aromatic heterocycles. The topological polar surface area (TPSA) is 85.4 Å². The molecular weight excluding hydrogens is 360 g/mol. The molecule has 25 heavy (non-hydrogen) atoms. The van der Waals surface area contributed by atoms with Crippen LogP contribution in [0.15, 0.2) is 64.9 Å². The number of carbonyl (C=O) groups excluding carboxylic acids is 1. The van der Waals surface area contributed by atoms with Gasteiger partial charge in [0.25, 0.3) is 10.0 Å². The number of nitrogens with zero attached hydrogens (tertiary/aromatic N) is 1. The third-order valence-corrected chi connectivity index (χ3v) is 5.62. The minimum atomic E-state index is -3.67. The fourth-order valence-corrected chi connectivity index (χ4v) is 4.12. The summed E-state index contributed by atoms with van der Waals surface area (Å²) in [7, 11) is -2.35. The molecule has 0 unspecified atom stereocenters. The lowest BCUT2D eigenvalue weighted by molar-refractivity contribution is 0.0600. The molecule has 0 aliphatic carbocycles. The van der Waals surface area contributed by atoms with Gasteiger partial charge in [0.15, 0.2) is 5.13 Å². The van der Waals surface area contributed by atoms with E-state index in [-0.39, 0.29) is 10.0 Å². The second-order valence-electron chi connectivity index (χ2n) is 5.03. The quantitative estimate of drug-likeness (QED) is 0.692. The number of hydrogen-bond donors (Lipinski definition) is 1. The van der Waals surface area contributed by atoms with E-state index in [1.807, 2.05) is 0 Å². The predicted octanol–water partition coefficient (Wildman–Crippen LogP) is 3.40. The maximum absolute atomic E-state index is 12.3. The number of carbonyl (C=O) groups is 1. The number of rotatable bonds is 5. The average Bonchev–Trinajstić information content (AvgIpc) is 3.09. The van der Waals surface area contributed by atoms with Crippen molar-refractivity contribution < 1.29 is 17.9 Å². The number of aromatic nitrogens is 1. The Morgan fingerprint density at radius 1 is 1.08 bits per heavy atom. The molecule has 8 heteroatoms. The molecule has 1 heterocycles. The number of thiazole rings is 1. The second kappa shape index (κ2) is 7.04. The number of benzene rings is 2. The monoisotopic (exact) mass is 374 g/mol. The molecule has 2 aromatic carbocycles. The van der Waals surface area contributed by atoms with Crippen molar-refractivity contribution in [2.24, 2.45) is 0 Å². The molecule has 0 aliphatic heterocycles. The Morgan fingerprint density at radius 3 is 2.40 bits per heavy atom. The molecule has 0 atom stereocenters. The van der Waals surface area contributed by atoms with E-state index in [2.05, 4.69) is 14.4 Å². The second-order valence-corrected chi connectivity index (χ2v) is 7.57. The molecule has 1 N–H and O–H groups in total. The van der Waals surface area contributed by atoms with Crippen LogP contribution in [0.2, 0.25) is 0 Å². The van der Waals surface area contributed by atoms with Crippen LogP contribution in [-0.2, 0) is 14.8 Å². The van der Waals surface area contributed by atoms with E-state index < -0.39 is 16.0 Å². The highest BCUT2D eigenvalue weighted by Crippen LogP contribution is 2.27. The minimum Gasteiger partial charge on any atom is -0.465 e. The highest BCUT2D eigenvalue weighted by atomic mass is 32.2. The van der Waals surface area contributed by atoms with Crippen molar-refractivity contribution in [2.75, 3.05) is 11.8 Å². The summed E-state index contributed by atoms with van der Waals surface area (Å²) in [5, 5.41) is 2.02. The van der Waals surface area contributed by atoms with E-state index in [1.54, 1.807) is 47.8 Å². The summed E-state index contributed by atoms with van der Waals surface area (Å²) in [5.41, 5.74) is 1.83. The molecule has 0 saturated carbocycles. The minimum absolute atomic E-state index is 0.175. The smallest absolute Gasteiger partial charge is 0.337 e. The lowest BCUT2D eigenvalue weighted by atomic mass is 10.1. The Balaban J connectivity index is 1.80. The number of sulfonamides is 1. The van der Waals surface area contributed by atoms with Gasteiger partial charge < -0.3 is 4.74 Å². The zero-order chi connectivity index (χ0) is 17.9. The maximum Gasteiger partial charge on any atom is 0.337 e. The van der Waals surface area contributed by atoms with Crippen LogP contribution in [0.4, 0.5) is 5.13 Å². The molecular formula is C17H14N2O4S2. The van der Waals surface area contributed by atoms with Crippen LogP contribution in [0.3, 0.4) is 0 Å². The predicted molar refractivity (Wildman–Crippen MR) is 96.1 cm³/mol. The first-order valence-corrected chi connectivity index (χ1v) is 9.58. The van der Waals surface area contributed by atoms with E-state index in [1.165, 1.54) is 30.6 Å². The van der Waals surface area contributed by atoms with Gasteiger partial charge in [0.2, 0.25) is 0 Å². The van der Waals surface area contributed by atoms with Gasteiger partial charge in [-0.05, 0) is 24.3 Å². The third-order valence-electron chi connectivity index (χ3n) is 3.38. The summed E-state index contributed by atoms with van der Waals surface area (Å²) in [4.78, 5) is 15.9. The summed E-state index contributed by atoms with van der Waals surface area (Å²) >= 11 is 1.19. The molecule has 6 nitrogen and oxygen atoms in total. The van der Waals surface area contributed by atoms with Crippen molar-refractivity contribution >= 4 is 32.5 Å². The van der Waals surface area contributed by atoms with E-state index in [0.717, 1.165) is 5.56 Å². The number of ether oxygens (including phenoxy) is 1. The summed E-state index contributed by atoms with van der Waals surface area (Å²) in [6.45, 7) is 0. The van der Waals surface area contributed by atoms with Crippen molar-refractivity contribution in [2.45, 2.75) is 4.90 Å². The van der Waals surface area contributed by atoms with Crippen LogP contribution in [0, 0.1) is 0 Å². The van der Waals surface area contributed by atoms with Gasteiger partial charge in [-0.15, -0.1) is 11.3 Å². The Labute approximate surface area is 149 Å². The van der Waals surface area contributed by atoms with Crippen LogP contribution >= 0.6 is 11.3 Å².